The molecule has 43 heavy (non-hydrogen) atoms. The third-order valence-electron chi connectivity index (χ3n) is 7.05. The maximum Gasteiger partial charge on any atom is 0.247 e. The molecule has 4 aromatic rings. The number of benzene rings is 4. The SMILES string of the molecule is COc1ccc(CN(C(=O)CN(Cc2ccccc2)S(C)(=O)=O)[C@H](C(=O)NCCc2ccccc2)c2ccccc2)cc1. The highest BCUT2D eigenvalue weighted by Gasteiger charge is 2.33. The van der Waals surface area contributed by atoms with E-state index in [9.17, 15) is 18.0 Å². The van der Waals surface area contributed by atoms with Crippen LogP contribution in [-0.4, -0.2) is 55.9 Å². The van der Waals surface area contributed by atoms with E-state index in [0.717, 1.165) is 27.3 Å². The molecule has 0 radical (unpaired) electrons. The van der Waals surface area contributed by atoms with E-state index in [4.69, 9.17) is 4.74 Å². The fourth-order valence-electron chi connectivity index (χ4n) is 4.75. The second-order valence-electron chi connectivity index (χ2n) is 10.2. The van der Waals surface area contributed by atoms with Gasteiger partial charge in [0.1, 0.15) is 11.8 Å². The number of nitrogens with zero attached hydrogens (tertiary/aromatic N) is 2. The van der Waals surface area contributed by atoms with E-state index in [1.807, 2.05) is 91.0 Å². The van der Waals surface area contributed by atoms with Crippen LogP contribution in [0.4, 0.5) is 0 Å². The Morgan fingerprint density at radius 1 is 0.744 bits per heavy atom. The summed E-state index contributed by atoms with van der Waals surface area (Å²) in [5, 5.41) is 3.01. The summed E-state index contributed by atoms with van der Waals surface area (Å²) in [7, 11) is -2.19. The summed E-state index contributed by atoms with van der Waals surface area (Å²) in [5.41, 5.74) is 3.22. The Labute approximate surface area is 254 Å². The zero-order chi connectivity index (χ0) is 30.7. The number of nitrogens with one attached hydrogen (secondary N) is 1. The van der Waals surface area contributed by atoms with Gasteiger partial charge in [-0.2, -0.15) is 4.31 Å². The third kappa shape index (κ3) is 9.26. The molecule has 0 aliphatic carbocycles. The predicted molar refractivity (Wildman–Crippen MR) is 168 cm³/mol. The van der Waals surface area contributed by atoms with Crippen LogP contribution in [-0.2, 0) is 39.1 Å². The fourth-order valence-corrected chi connectivity index (χ4v) is 5.48. The first-order chi connectivity index (χ1) is 20.7. The van der Waals surface area contributed by atoms with Crippen LogP contribution in [0.3, 0.4) is 0 Å². The van der Waals surface area contributed by atoms with Crippen molar-refractivity contribution >= 4 is 21.8 Å². The number of rotatable bonds is 14. The minimum Gasteiger partial charge on any atom is -0.497 e. The van der Waals surface area contributed by atoms with Crippen molar-refractivity contribution in [2.24, 2.45) is 0 Å². The Balaban J connectivity index is 1.66. The topological polar surface area (TPSA) is 96.0 Å². The molecule has 9 heteroatoms. The van der Waals surface area contributed by atoms with Gasteiger partial charge >= 0.3 is 0 Å². The van der Waals surface area contributed by atoms with Gasteiger partial charge in [-0.25, -0.2) is 8.42 Å². The lowest BCUT2D eigenvalue weighted by Crippen LogP contribution is -2.48. The van der Waals surface area contributed by atoms with Crippen LogP contribution in [0.1, 0.15) is 28.3 Å². The molecule has 4 aromatic carbocycles. The average Bonchev–Trinajstić information content (AvgIpc) is 3.02. The normalized spacial score (nSPS) is 12.0. The fraction of sp³-hybridized carbons (Fsp3) is 0.235. The van der Waals surface area contributed by atoms with Crippen molar-refractivity contribution in [3.05, 3.63) is 138 Å². The van der Waals surface area contributed by atoms with E-state index in [-0.39, 0.29) is 19.0 Å². The van der Waals surface area contributed by atoms with Crippen molar-refractivity contribution < 1.29 is 22.7 Å². The van der Waals surface area contributed by atoms with Crippen LogP contribution >= 0.6 is 0 Å². The molecule has 0 aliphatic rings. The molecule has 0 unspecified atom stereocenters. The van der Waals surface area contributed by atoms with Gasteiger partial charge in [-0.1, -0.05) is 103 Å². The van der Waals surface area contributed by atoms with Crippen molar-refractivity contribution in [3.8, 4) is 5.75 Å². The maximum atomic E-state index is 14.1. The standard InChI is InChI=1S/C34H37N3O5S/c1-42-31-20-18-29(19-21-31)25-37(32(38)26-36(43(2,40)41)24-28-14-8-4-9-15-28)33(30-16-10-5-11-17-30)34(39)35-23-22-27-12-6-3-7-13-27/h3-21,33H,22-26H2,1-2H3,(H,35,39)/t33-/m0/s1. The highest BCUT2D eigenvalue weighted by atomic mass is 32.2. The number of hydrogen-bond acceptors (Lipinski definition) is 5. The Hall–Kier alpha value is -4.47. The van der Waals surface area contributed by atoms with Crippen molar-refractivity contribution in [1.29, 1.82) is 0 Å². The molecule has 224 valence electrons. The summed E-state index contributed by atoms with van der Waals surface area (Å²) in [6, 6.07) is 34.2. The minimum atomic E-state index is -3.76. The zero-order valence-corrected chi connectivity index (χ0v) is 25.2. The molecular weight excluding hydrogens is 562 g/mol. The maximum absolute atomic E-state index is 14.1. The Kier molecular flexibility index (Phi) is 11.1. The number of hydrogen-bond donors (Lipinski definition) is 1. The molecule has 1 atom stereocenters. The third-order valence-corrected chi connectivity index (χ3v) is 8.24. The van der Waals surface area contributed by atoms with E-state index in [1.54, 1.807) is 31.4 Å². The lowest BCUT2D eigenvalue weighted by Gasteiger charge is -2.33. The van der Waals surface area contributed by atoms with Gasteiger partial charge in [-0.15, -0.1) is 0 Å². The molecule has 1 N–H and O–H groups in total. The molecule has 0 aromatic heterocycles. The zero-order valence-electron chi connectivity index (χ0n) is 24.4. The monoisotopic (exact) mass is 599 g/mol. The lowest BCUT2D eigenvalue weighted by molar-refractivity contribution is -0.141. The Morgan fingerprint density at radius 3 is 1.84 bits per heavy atom. The summed E-state index contributed by atoms with van der Waals surface area (Å²) < 4.78 is 32.1. The largest absolute Gasteiger partial charge is 0.497 e. The molecule has 0 aliphatic heterocycles. The van der Waals surface area contributed by atoms with E-state index in [0.29, 0.717) is 24.3 Å². The molecule has 0 heterocycles. The van der Waals surface area contributed by atoms with Gasteiger partial charge in [0.05, 0.1) is 19.9 Å². The summed E-state index contributed by atoms with van der Waals surface area (Å²) >= 11 is 0. The number of carbonyl (C=O) groups is 2. The molecule has 0 bridgehead atoms. The highest BCUT2D eigenvalue weighted by molar-refractivity contribution is 7.88. The van der Waals surface area contributed by atoms with Crippen molar-refractivity contribution in [2.75, 3.05) is 26.5 Å². The van der Waals surface area contributed by atoms with Gasteiger partial charge in [0.25, 0.3) is 0 Å². The molecule has 0 spiro atoms. The van der Waals surface area contributed by atoms with Crippen molar-refractivity contribution in [3.63, 3.8) is 0 Å². The van der Waals surface area contributed by atoms with Gasteiger partial charge in [0.15, 0.2) is 0 Å². The summed E-state index contributed by atoms with van der Waals surface area (Å²) in [6.07, 6.45) is 1.71. The van der Waals surface area contributed by atoms with E-state index < -0.39 is 28.5 Å². The summed E-state index contributed by atoms with van der Waals surface area (Å²) in [4.78, 5) is 29.5. The molecule has 0 fully saturated rings. The molecule has 4 rings (SSSR count). The van der Waals surface area contributed by atoms with Crippen molar-refractivity contribution in [1.82, 2.24) is 14.5 Å². The Bertz CT molecular complexity index is 1570. The number of methoxy groups -OCH3 is 1. The first kappa shape index (κ1) is 31.5. The molecular formula is C34H37N3O5S. The van der Waals surface area contributed by atoms with E-state index >= 15 is 0 Å². The quantitative estimate of drug-likeness (QED) is 0.229. The smallest absolute Gasteiger partial charge is 0.247 e. The minimum absolute atomic E-state index is 0.0288. The molecule has 8 nitrogen and oxygen atoms in total. The number of ether oxygens (including phenoxy) is 1. The number of amides is 2. The van der Waals surface area contributed by atoms with Gasteiger partial charge < -0.3 is 15.0 Å². The highest BCUT2D eigenvalue weighted by Crippen LogP contribution is 2.25. The van der Waals surface area contributed by atoms with E-state index in [2.05, 4.69) is 5.32 Å². The number of sulfonamides is 1. The average molecular weight is 600 g/mol. The first-order valence-electron chi connectivity index (χ1n) is 14.0. The van der Waals surface area contributed by atoms with Crippen LogP contribution in [0.15, 0.2) is 115 Å². The van der Waals surface area contributed by atoms with Crippen LogP contribution in [0.25, 0.3) is 0 Å². The first-order valence-corrected chi connectivity index (χ1v) is 15.9. The molecule has 2 amide bonds. The van der Waals surface area contributed by atoms with Gasteiger partial charge in [0, 0.05) is 19.6 Å². The Morgan fingerprint density at radius 2 is 1.28 bits per heavy atom. The second-order valence-corrected chi connectivity index (χ2v) is 12.2. The van der Waals surface area contributed by atoms with E-state index in [1.165, 1.54) is 4.90 Å². The predicted octanol–water partition coefficient (Wildman–Crippen LogP) is 4.59. The van der Waals surface area contributed by atoms with Gasteiger partial charge in [-0.05, 0) is 40.8 Å². The summed E-state index contributed by atoms with van der Waals surface area (Å²) in [6.45, 7) is 0.0588. The number of carbonyl (C=O) groups excluding carboxylic acids is 2. The molecule has 0 saturated heterocycles. The second kappa shape index (κ2) is 15.1. The van der Waals surface area contributed by atoms with Crippen LogP contribution in [0.2, 0.25) is 0 Å². The molecule has 0 saturated carbocycles. The van der Waals surface area contributed by atoms with Crippen LogP contribution in [0, 0.1) is 0 Å². The summed E-state index contributed by atoms with van der Waals surface area (Å²) in [5.74, 6) is -0.187. The van der Waals surface area contributed by atoms with Crippen molar-refractivity contribution in [2.45, 2.75) is 25.6 Å². The van der Waals surface area contributed by atoms with Crippen LogP contribution < -0.4 is 10.1 Å². The lowest BCUT2D eigenvalue weighted by atomic mass is 10.0. The van der Waals surface area contributed by atoms with Crippen LogP contribution in [0.5, 0.6) is 5.75 Å². The van der Waals surface area contributed by atoms with Gasteiger partial charge in [0.2, 0.25) is 21.8 Å². The van der Waals surface area contributed by atoms with Gasteiger partial charge in [-0.3, -0.25) is 9.59 Å².